The van der Waals surface area contributed by atoms with E-state index in [0.717, 1.165) is 57.5 Å². The number of rotatable bonds is 17. The van der Waals surface area contributed by atoms with Gasteiger partial charge in [-0.3, -0.25) is 14.8 Å². The molecule has 1 aliphatic rings. The van der Waals surface area contributed by atoms with E-state index in [1.165, 1.54) is 0 Å². The minimum absolute atomic E-state index is 0.0207. The molecule has 0 aliphatic carbocycles. The van der Waals surface area contributed by atoms with Crippen molar-refractivity contribution in [2.75, 3.05) is 5.75 Å². The Morgan fingerprint density at radius 3 is 2.12 bits per heavy atom. The van der Waals surface area contributed by atoms with Crippen LogP contribution in [0.3, 0.4) is 0 Å². The number of thioether (sulfide) groups is 1. The molecule has 1 heterocycles. The highest BCUT2D eigenvalue weighted by molar-refractivity contribution is 7.99. The number of hydrogen-bond acceptors (Lipinski definition) is 8. The fourth-order valence-corrected chi connectivity index (χ4v) is 6.82. The number of hydroxylamine groups is 1. The molecule has 1 saturated heterocycles. The summed E-state index contributed by atoms with van der Waals surface area (Å²) >= 11 is 1.61. The van der Waals surface area contributed by atoms with Crippen molar-refractivity contribution >= 4 is 29.5 Å². The van der Waals surface area contributed by atoms with E-state index in [1.54, 1.807) is 29.4 Å². The molecule has 0 saturated carbocycles. The number of carboxylic acids is 1. The zero-order valence-corrected chi connectivity index (χ0v) is 29.1. The van der Waals surface area contributed by atoms with E-state index in [9.17, 15) is 24.6 Å². The number of nitrogens with one attached hydrogen (secondary N) is 2. The molecule has 4 aromatic carbocycles. The molecule has 3 unspecified atom stereocenters. The predicted molar refractivity (Wildman–Crippen MR) is 194 cm³/mol. The van der Waals surface area contributed by atoms with Crippen LogP contribution in [0.1, 0.15) is 90.0 Å². The highest BCUT2D eigenvalue weighted by Crippen LogP contribution is 2.40. The maximum atomic E-state index is 12.5. The van der Waals surface area contributed by atoms with Gasteiger partial charge in [-0.25, -0.2) is 10.3 Å². The molecule has 1 aliphatic heterocycles. The average molecular weight is 713 g/mol. The number of hydrogen-bond donors (Lipinski definition) is 5. The van der Waals surface area contributed by atoms with E-state index in [4.69, 9.17) is 14.7 Å². The Morgan fingerprint density at radius 1 is 0.745 bits per heavy atom. The number of aliphatic hydroxyl groups is 1. The number of ether oxygens (including phenoxy) is 2. The Morgan fingerprint density at radius 2 is 1.43 bits per heavy atom. The normalized spacial score (nSPS) is 17.1. The van der Waals surface area contributed by atoms with Gasteiger partial charge >= 0.3 is 5.97 Å². The highest BCUT2D eigenvalue weighted by Gasteiger charge is 2.32. The SMILES string of the molecule is O=C(CCCCCCC(=O)NCc1cccc(-c2cccc(C3OC(CSc4ccc(C(=O)O)cc4)CC(c4ccc(CO)cc4)O3)c2)c1)NO. The van der Waals surface area contributed by atoms with Crippen molar-refractivity contribution in [3.05, 3.63) is 125 Å². The van der Waals surface area contributed by atoms with Gasteiger partial charge in [-0.15, -0.1) is 11.8 Å². The van der Waals surface area contributed by atoms with Crippen molar-refractivity contribution in [3.63, 3.8) is 0 Å². The number of benzene rings is 4. The molecule has 51 heavy (non-hydrogen) atoms. The first kappa shape index (κ1) is 37.7. The Bertz CT molecular complexity index is 1750. The van der Waals surface area contributed by atoms with Crippen LogP contribution >= 0.6 is 11.8 Å². The van der Waals surface area contributed by atoms with Crippen molar-refractivity contribution in [2.45, 2.75) is 81.5 Å². The van der Waals surface area contributed by atoms with Crippen LogP contribution in [0.2, 0.25) is 0 Å². The summed E-state index contributed by atoms with van der Waals surface area (Å²) in [6.07, 6.45) is 3.37. The molecular weight excluding hydrogens is 669 g/mol. The fourth-order valence-electron chi connectivity index (χ4n) is 5.90. The Kier molecular flexibility index (Phi) is 14.2. The van der Waals surface area contributed by atoms with Crippen LogP contribution in [-0.2, 0) is 32.2 Å². The van der Waals surface area contributed by atoms with Gasteiger partial charge in [0.15, 0.2) is 6.29 Å². The number of aromatic carboxylic acids is 1. The van der Waals surface area contributed by atoms with Gasteiger partial charge in [0.05, 0.1) is 24.4 Å². The van der Waals surface area contributed by atoms with Crippen molar-refractivity contribution in [3.8, 4) is 11.1 Å². The molecule has 1 fully saturated rings. The molecule has 5 rings (SSSR count). The maximum Gasteiger partial charge on any atom is 0.335 e. The van der Waals surface area contributed by atoms with Crippen LogP contribution in [0.4, 0.5) is 0 Å². The molecule has 10 nitrogen and oxygen atoms in total. The van der Waals surface area contributed by atoms with Crippen LogP contribution in [0, 0.1) is 0 Å². The van der Waals surface area contributed by atoms with E-state index < -0.39 is 18.2 Å². The lowest BCUT2D eigenvalue weighted by atomic mass is 9.99. The van der Waals surface area contributed by atoms with Gasteiger partial charge in [0.25, 0.3) is 0 Å². The first-order chi connectivity index (χ1) is 24.8. The first-order valence-electron chi connectivity index (χ1n) is 17.2. The van der Waals surface area contributed by atoms with Crippen LogP contribution in [0.15, 0.2) is 102 Å². The second-order valence-corrected chi connectivity index (χ2v) is 13.6. The van der Waals surface area contributed by atoms with E-state index in [1.807, 2.05) is 72.8 Å². The molecular formula is C40H44N2O8S. The van der Waals surface area contributed by atoms with Gasteiger partial charge in [0.2, 0.25) is 11.8 Å². The summed E-state index contributed by atoms with van der Waals surface area (Å²) in [4.78, 5) is 35.8. The van der Waals surface area contributed by atoms with Gasteiger partial charge in [0.1, 0.15) is 0 Å². The van der Waals surface area contributed by atoms with Crippen LogP contribution in [0.5, 0.6) is 0 Å². The summed E-state index contributed by atoms with van der Waals surface area (Å²) in [7, 11) is 0. The van der Waals surface area contributed by atoms with Gasteiger partial charge in [0, 0.05) is 42.0 Å². The summed E-state index contributed by atoms with van der Waals surface area (Å²) in [5.74, 6) is -0.723. The molecule has 0 radical (unpaired) electrons. The number of carbonyl (C=O) groups is 3. The third kappa shape index (κ3) is 11.5. The summed E-state index contributed by atoms with van der Waals surface area (Å²) < 4.78 is 13.1. The number of carboxylic acid groups (broad SMARTS) is 1. The third-order valence-corrected chi connectivity index (χ3v) is 9.89. The first-order valence-corrected chi connectivity index (χ1v) is 18.2. The largest absolute Gasteiger partial charge is 0.478 e. The van der Waals surface area contributed by atoms with Crippen LogP contribution in [0.25, 0.3) is 11.1 Å². The smallest absolute Gasteiger partial charge is 0.335 e. The Labute approximate surface area is 302 Å². The topological polar surface area (TPSA) is 154 Å². The highest BCUT2D eigenvalue weighted by atomic mass is 32.2. The molecule has 268 valence electrons. The molecule has 5 N–H and O–H groups in total. The number of aliphatic hydroxyl groups excluding tert-OH is 1. The van der Waals surface area contributed by atoms with Gasteiger partial charge < -0.3 is 25.0 Å². The van der Waals surface area contributed by atoms with Gasteiger partial charge in [-0.2, -0.15) is 0 Å². The summed E-state index contributed by atoms with van der Waals surface area (Å²) in [6, 6.07) is 30.7. The predicted octanol–water partition coefficient (Wildman–Crippen LogP) is 7.34. The second-order valence-electron chi connectivity index (χ2n) is 12.5. The van der Waals surface area contributed by atoms with Crippen molar-refractivity contribution in [1.29, 1.82) is 0 Å². The van der Waals surface area contributed by atoms with Gasteiger partial charge in [-0.05, 0) is 77.1 Å². The third-order valence-electron chi connectivity index (χ3n) is 8.74. The van der Waals surface area contributed by atoms with Crippen LogP contribution < -0.4 is 10.8 Å². The number of unbranched alkanes of at least 4 members (excludes halogenated alkanes) is 3. The lowest BCUT2D eigenvalue weighted by Crippen LogP contribution is -2.31. The number of carbonyl (C=O) groups excluding carboxylic acids is 2. The molecule has 3 atom stereocenters. The van der Waals surface area contributed by atoms with Crippen molar-refractivity contribution < 1.29 is 39.3 Å². The molecule has 0 bridgehead atoms. The van der Waals surface area contributed by atoms with E-state index >= 15 is 0 Å². The van der Waals surface area contributed by atoms with Crippen molar-refractivity contribution in [2.24, 2.45) is 0 Å². The zero-order chi connectivity index (χ0) is 36.0. The lowest BCUT2D eigenvalue weighted by Gasteiger charge is -2.36. The molecule has 0 spiro atoms. The second kappa shape index (κ2) is 19.2. The minimum Gasteiger partial charge on any atom is -0.478 e. The summed E-state index contributed by atoms with van der Waals surface area (Å²) in [6.45, 7) is 0.376. The molecule has 11 heteroatoms. The summed E-state index contributed by atoms with van der Waals surface area (Å²) in [5.41, 5.74) is 7.54. The van der Waals surface area contributed by atoms with Crippen molar-refractivity contribution in [1.82, 2.24) is 10.8 Å². The van der Waals surface area contributed by atoms with Crippen LogP contribution in [-0.4, -0.2) is 45.1 Å². The van der Waals surface area contributed by atoms with E-state index in [2.05, 4.69) is 17.4 Å². The summed E-state index contributed by atoms with van der Waals surface area (Å²) in [5, 5.41) is 30.4. The molecule has 0 aromatic heterocycles. The lowest BCUT2D eigenvalue weighted by molar-refractivity contribution is -0.245. The Balaban J connectivity index is 1.23. The standard InChI is InChI=1S/C40H44N2O8S/c43-25-27-13-15-29(16-14-27)36-23-34(26-51-35-19-17-30(18-20-35)39(46)47)49-40(50-36)33-10-6-9-32(22-33)31-8-5-7-28(21-31)24-41-37(44)11-3-1-2-4-12-38(45)42-48/h5-10,13-22,34,36,40,43,48H,1-4,11-12,23-26H2,(H,41,44)(H,42,45)(H,46,47). The maximum absolute atomic E-state index is 12.5. The fraction of sp³-hybridized carbons (Fsp3) is 0.325. The number of amides is 2. The van der Waals surface area contributed by atoms with E-state index in [-0.39, 0.29) is 36.7 Å². The zero-order valence-electron chi connectivity index (χ0n) is 28.3. The van der Waals surface area contributed by atoms with Gasteiger partial charge in [-0.1, -0.05) is 73.5 Å². The Hall–Kier alpha value is -4.52. The molecule has 2 amide bonds. The molecule has 4 aromatic rings. The monoisotopic (exact) mass is 712 g/mol. The minimum atomic E-state index is -0.957. The quantitative estimate of drug-likeness (QED) is 0.0327. The van der Waals surface area contributed by atoms with E-state index in [0.29, 0.717) is 31.6 Å². The average Bonchev–Trinajstić information content (AvgIpc) is 3.17.